The van der Waals surface area contributed by atoms with Gasteiger partial charge in [0, 0.05) is 50.0 Å². The molecule has 9 heteroatoms. The summed E-state index contributed by atoms with van der Waals surface area (Å²) in [5.41, 5.74) is 4.30. The van der Waals surface area contributed by atoms with Gasteiger partial charge >= 0.3 is 5.97 Å². The second kappa shape index (κ2) is 11.6. The average Bonchev–Trinajstić information content (AvgIpc) is 3.19. The van der Waals surface area contributed by atoms with Crippen LogP contribution in [-0.4, -0.2) is 56.7 Å². The Hall–Kier alpha value is -3.01. The molecule has 1 fully saturated rings. The summed E-state index contributed by atoms with van der Waals surface area (Å²) in [6.45, 7) is 9.63. The molecule has 2 N–H and O–H groups in total. The van der Waals surface area contributed by atoms with Gasteiger partial charge in [0.25, 0.3) is 5.56 Å². The Bertz CT molecular complexity index is 1280. The number of pyridine rings is 1. The molecule has 1 aliphatic rings. The lowest BCUT2D eigenvalue weighted by atomic mass is 10.0. The van der Waals surface area contributed by atoms with Crippen LogP contribution in [0, 0.1) is 12.8 Å². The number of imidazole rings is 1. The summed E-state index contributed by atoms with van der Waals surface area (Å²) in [6, 6.07) is 7.12. The number of rotatable bonds is 9. The second-order valence-corrected chi connectivity index (χ2v) is 10.4. The van der Waals surface area contributed by atoms with Crippen molar-refractivity contribution in [2.75, 3.05) is 13.2 Å². The molecule has 37 heavy (non-hydrogen) atoms. The number of hydrogen-bond acceptors (Lipinski definition) is 7. The van der Waals surface area contributed by atoms with Crippen molar-refractivity contribution in [3.05, 3.63) is 51.9 Å². The monoisotopic (exact) mass is 510 g/mol. The number of aliphatic hydroxyl groups is 1. The Morgan fingerprint density at radius 2 is 2.08 bits per heavy atom. The molecule has 1 aromatic carbocycles. The number of esters is 1. The first-order chi connectivity index (χ1) is 17.6. The van der Waals surface area contributed by atoms with Crippen LogP contribution in [0.1, 0.15) is 44.7 Å². The minimum atomic E-state index is -0.897. The number of hydrogen-bond donors (Lipinski definition) is 2. The molecule has 3 atom stereocenters. The van der Waals surface area contributed by atoms with Gasteiger partial charge in [0.15, 0.2) is 0 Å². The van der Waals surface area contributed by atoms with Gasteiger partial charge in [-0.3, -0.25) is 14.9 Å². The topological polar surface area (TPSA) is 108 Å². The second-order valence-electron chi connectivity index (χ2n) is 10.4. The van der Waals surface area contributed by atoms with E-state index in [1.54, 1.807) is 32.4 Å². The molecule has 0 saturated carbocycles. The maximum absolute atomic E-state index is 12.4. The van der Waals surface area contributed by atoms with E-state index in [0.717, 1.165) is 60.6 Å². The fourth-order valence-corrected chi connectivity index (χ4v) is 4.88. The summed E-state index contributed by atoms with van der Waals surface area (Å²) < 4.78 is 14.8. The summed E-state index contributed by atoms with van der Waals surface area (Å²) in [5, 5.41) is 13.2. The number of aryl methyl sites for hydroxylation is 2. The number of nitrogens with zero attached hydrogens (tertiary/aromatic N) is 3. The minimum absolute atomic E-state index is 0.0240. The van der Waals surface area contributed by atoms with Gasteiger partial charge in [-0.2, -0.15) is 0 Å². The van der Waals surface area contributed by atoms with Crippen LogP contribution in [0.2, 0.25) is 0 Å². The van der Waals surface area contributed by atoms with E-state index in [9.17, 15) is 14.7 Å². The SMILES string of the molecule is Cc1cc(-c2nc3cc(CN[C@H](C(=O)OC(C)C)[C@H](C)O)ccc3n2C[C@@H]2CCCOC2)cn(C)c1=O. The van der Waals surface area contributed by atoms with Gasteiger partial charge in [-0.1, -0.05) is 6.07 Å². The van der Waals surface area contributed by atoms with E-state index in [1.807, 2.05) is 37.4 Å². The molecule has 2 aromatic heterocycles. The maximum atomic E-state index is 12.4. The van der Waals surface area contributed by atoms with Crippen molar-refractivity contribution in [3.63, 3.8) is 0 Å². The fraction of sp³-hybridized carbons (Fsp3) is 0.536. The Labute approximate surface area is 217 Å². The molecule has 1 saturated heterocycles. The van der Waals surface area contributed by atoms with E-state index in [1.165, 1.54) is 0 Å². The molecule has 0 bridgehead atoms. The average molecular weight is 511 g/mol. The number of carbonyl (C=O) groups is 1. The van der Waals surface area contributed by atoms with Crippen LogP contribution >= 0.6 is 0 Å². The molecule has 0 radical (unpaired) electrons. The van der Waals surface area contributed by atoms with Crippen LogP contribution < -0.4 is 10.9 Å². The predicted molar refractivity (Wildman–Crippen MR) is 142 cm³/mol. The molecule has 1 aliphatic heterocycles. The highest BCUT2D eigenvalue weighted by molar-refractivity contribution is 5.81. The zero-order chi connectivity index (χ0) is 26.7. The van der Waals surface area contributed by atoms with Crippen molar-refractivity contribution < 1.29 is 19.4 Å². The molecule has 3 aromatic rings. The molecular weight excluding hydrogens is 472 g/mol. The largest absolute Gasteiger partial charge is 0.462 e. The third-order valence-corrected chi connectivity index (χ3v) is 6.74. The van der Waals surface area contributed by atoms with Crippen LogP contribution in [0.25, 0.3) is 22.4 Å². The normalized spacial score (nSPS) is 17.8. The van der Waals surface area contributed by atoms with Crippen molar-refractivity contribution in [1.82, 2.24) is 19.4 Å². The summed E-state index contributed by atoms with van der Waals surface area (Å²) in [4.78, 5) is 29.7. The third kappa shape index (κ3) is 6.29. The third-order valence-electron chi connectivity index (χ3n) is 6.74. The number of nitrogens with one attached hydrogen (secondary N) is 1. The van der Waals surface area contributed by atoms with E-state index in [2.05, 4.69) is 9.88 Å². The molecule has 200 valence electrons. The van der Waals surface area contributed by atoms with Crippen LogP contribution in [-0.2, 0) is 34.4 Å². The number of carbonyl (C=O) groups excluding carboxylic acids is 1. The molecular formula is C28H38N4O5. The van der Waals surface area contributed by atoms with Gasteiger partial charge in [-0.05, 0) is 64.3 Å². The fourth-order valence-electron chi connectivity index (χ4n) is 4.88. The van der Waals surface area contributed by atoms with Gasteiger partial charge in [-0.15, -0.1) is 0 Å². The smallest absolute Gasteiger partial charge is 0.326 e. The summed E-state index contributed by atoms with van der Waals surface area (Å²) in [7, 11) is 1.76. The zero-order valence-corrected chi connectivity index (χ0v) is 22.4. The van der Waals surface area contributed by atoms with E-state index >= 15 is 0 Å². The number of ether oxygens (including phenoxy) is 2. The zero-order valence-electron chi connectivity index (χ0n) is 22.4. The molecule has 3 heterocycles. The van der Waals surface area contributed by atoms with Gasteiger partial charge in [0.1, 0.15) is 11.9 Å². The first-order valence-corrected chi connectivity index (χ1v) is 13.0. The van der Waals surface area contributed by atoms with Crippen molar-refractivity contribution in [2.24, 2.45) is 13.0 Å². The lowest BCUT2D eigenvalue weighted by Crippen LogP contribution is -2.46. The number of fused-ring (bicyclic) bond motifs is 1. The van der Waals surface area contributed by atoms with Gasteiger partial charge < -0.3 is 23.7 Å². The van der Waals surface area contributed by atoms with Gasteiger partial charge in [0.2, 0.25) is 0 Å². The quantitative estimate of drug-likeness (QED) is 0.426. The Kier molecular flexibility index (Phi) is 8.46. The van der Waals surface area contributed by atoms with E-state index in [4.69, 9.17) is 14.5 Å². The molecule has 0 aliphatic carbocycles. The molecule has 0 amide bonds. The highest BCUT2D eigenvalue weighted by atomic mass is 16.5. The van der Waals surface area contributed by atoms with Crippen LogP contribution in [0.4, 0.5) is 0 Å². The first kappa shape index (κ1) is 27.0. The van der Waals surface area contributed by atoms with E-state index in [-0.39, 0.29) is 11.7 Å². The maximum Gasteiger partial charge on any atom is 0.326 e. The first-order valence-electron chi connectivity index (χ1n) is 13.0. The molecule has 4 rings (SSSR count). The minimum Gasteiger partial charge on any atom is -0.462 e. The van der Waals surface area contributed by atoms with Crippen molar-refractivity contribution in [1.29, 1.82) is 0 Å². The summed E-state index contributed by atoms with van der Waals surface area (Å²) >= 11 is 0. The molecule has 0 spiro atoms. The van der Waals surface area contributed by atoms with Crippen LogP contribution in [0.5, 0.6) is 0 Å². The Balaban J connectivity index is 1.67. The molecule has 9 nitrogen and oxygen atoms in total. The van der Waals surface area contributed by atoms with E-state index in [0.29, 0.717) is 18.0 Å². The Morgan fingerprint density at radius 1 is 1.30 bits per heavy atom. The van der Waals surface area contributed by atoms with E-state index < -0.39 is 18.1 Å². The highest BCUT2D eigenvalue weighted by Crippen LogP contribution is 2.28. The number of aromatic nitrogens is 3. The highest BCUT2D eigenvalue weighted by Gasteiger charge is 2.26. The molecule has 0 unspecified atom stereocenters. The van der Waals surface area contributed by atoms with Crippen LogP contribution in [0.3, 0.4) is 0 Å². The number of benzene rings is 1. The number of aliphatic hydroxyl groups excluding tert-OH is 1. The van der Waals surface area contributed by atoms with Gasteiger partial charge in [0.05, 0.1) is 29.8 Å². The van der Waals surface area contributed by atoms with Crippen molar-refractivity contribution >= 4 is 17.0 Å². The van der Waals surface area contributed by atoms with Crippen molar-refractivity contribution in [3.8, 4) is 11.4 Å². The predicted octanol–water partition coefficient (Wildman–Crippen LogP) is 2.93. The summed E-state index contributed by atoms with van der Waals surface area (Å²) in [6.07, 6.45) is 2.82. The standard InChI is InChI=1S/C28H38N4O5/c1-17(2)37-28(35)25(19(4)33)29-13-20-8-9-24-23(12-20)30-26(22-11-18(3)27(34)31(5)15-22)32(24)14-21-7-6-10-36-16-21/h8-9,11-12,15,17,19,21,25,29,33H,6-7,10,13-14,16H2,1-5H3/t19-,21-,25-/m0/s1. The lowest BCUT2D eigenvalue weighted by Gasteiger charge is -2.23. The Morgan fingerprint density at radius 3 is 2.73 bits per heavy atom. The summed E-state index contributed by atoms with van der Waals surface area (Å²) in [5.74, 6) is 0.725. The van der Waals surface area contributed by atoms with Gasteiger partial charge in [-0.25, -0.2) is 4.98 Å². The lowest BCUT2D eigenvalue weighted by molar-refractivity contribution is -0.152. The van der Waals surface area contributed by atoms with Crippen LogP contribution in [0.15, 0.2) is 35.3 Å². The van der Waals surface area contributed by atoms with Crippen molar-refractivity contribution in [2.45, 2.75) is 71.9 Å².